The Bertz CT molecular complexity index is 353. The van der Waals surface area contributed by atoms with E-state index in [1.807, 2.05) is 0 Å². The minimum atomic E-state index is -0.370. The van der Waals surface area contributed by atoms with Gasteiger partial charge in [-0.3, -0.25) is 4.79 Å². The molecule has 0 N–H and O–H groups in total. The van der Waals surface area contributed by atoms with Gasteiger partial charge in [0.15, 0.2) is 23.0 Å². The first-order valence-corrected chi connectivity index (χ1v) is 7.69. The van der Waals surface area contributed by atoms with Crippen molar-refractivity contribution in [3.05, 3.63) is 17.6 Å². The van der Waals surface area contributed by atoms with E-state index in [4.69, 9.17) is 0 Å². The summed E-state index contributed by atoms with van der Waals surface area (Å²) < 4.78 is 4.69. The number of ketones is 1. The molecule has 1 atom stereocenters. The topological polar surface area (TPSA) is 43.4 Å². The summed E-state index contributed by atoms with van der Waals surface area (Å²) in [7, 11) is 0. The fourth-order valence-corrected chi connectivity index (χ4v) is 2.53. The second kappa shape index (κ2) is 11.1. The molecule has 0 amide bonds. The standard InChI is InChI=1S/C15H21IO3.U/c1-11(2)15(18)13(10-14(17)19-16)12-8-6-4-3-5-7-9-12;/h13H,3-8,10H2,1-2H3;/q-2;+2. The Morgan fingerprint density at radius 2 is 1.95 bits per heavy atom. The van der Waals surface area contributed by atoms with Crippen LogP contribution >= 0.6 is 23.0 Å². The van der Waals surface area contributed by atoms with Crippen LogP contribution in [0.3, 0.4) is 0 Å². The fraction of sp³-hybridized carbons (Fsp3) is 0.667. The molecule has 0 saturated heterocycles. The quantitative estimate of drug-likeness (QED) is 0.346. The first-order chi connectivity index (χ1) is 9.06. The van der Waals surface area contributed by atoms with Gasteiger partial charge in [0.1, 0.15) is 0 Å². The van der Waals surface area contributed by atoms with E-state index >= 15 is 0 Å². The van der Waals surface area contributed by atoms with Crippen LogP contribution in [0.25, 0.3) is 0 Å². The number of halogens is 1. The summed E-state index contributed by atoms with van der Waals surface area (Å²) in [6.07, 6.45) is 9.88. The molecule has 0 aliphatic heterocycles. The van der Waals surface area contributed by atoms with E-state index in [1.54, 1.807) is 36.9 Å². The third kappa shape index (κ3) is 7.00. The van der Waals surface area contributed by atoms with Crippen LogP contribution in [-0.2, 0) is 12.7 Å². The van der Waals surface area contributed by atoms with Crippen LogP contribution in [0, 0.1) is 49.0 Å². The number of hydrogen-bond acceptors (Lipinski definition) is 3. The maximum atomic E-state index is 12.3. The average Bonchev–Trinajstić information content (AvgIpc) is 2.35. The summed E-state index contributed by atoms with van der Waals surface area (Å²) in [6, 6.07) is 0. The van der Waals surface area contributed by atoms with Gasteiger partial charge in [-0.05, 0) is 5.92 Å². The maximum absolute atomic E-state index is 12.3. The molecule has 5 heteroatoms. The molecule has 0 radical (unpaired) electrons. The zero-order valence-electron chi connectivity index (χ0n) is 12.1. The van der Waals surface area contributed by atoms with E-state index in [-0.39, 0.29) is 55.2 Å². The minimum absolute atomic E-state index is 0. The first kappa shape index (κ1) is 20.5. The molecule has 110 valence electrons. The summed E-state index contributed by atoms with van der Waals surface area (Å²) in [5.41, 5.74) is 1.01. The van der Waals surface area contributed by atoms with E-state index in [0.717, 1.165) is 37.2 Å². The molecule has 0 aromatic heterocycles. The zero-order chi connectivity index (χ0) is 14.3. The van der Waals surface area contributed by atoms with Crippen molar-refractivity contribution in [2.45, 2.75) is 58.8 Å². The van der Waals surface area contributed by atoms with Crippen molar-refractivity contribution in [2.75, 3.05) is 0 Å². The Morgan fingerprint density at radius 3 is 2.55 bits per heavy atom. The van der Waals surface area contributed by atoms with Gasteiger partial charge in [-0.2, -0.15) is 20.3 Å². The van der Waals surface area contributed by atoms with Crippen LogP contribution < -0.4 is 0 Å². The predicted molar refractivity (Wildman–Crippen MR) is 82.3 cm³/mol. The summed E-state index contributed by atoms with van der Waals surface area (Å²) in [5, 5.41) is 0. The SMILES string of the molecule is C[C-](C)C(=O)C(CC(=O)OI)C1=[C-]CCCCCC1.[U+2]. The number of hydrogen-bond donors (Lipinski definition) is 0. The number of rotatable bonds is 5. The van der Waals surface area contributed by atoms with E-state index < -0.39 is 0 Å². The maximum Gasteiger partial charge on any atom is 2.00 e. The average molecular weight is 614 g/mol. The second-order valence-corrected chi connectivity index (χ2v) is 5.63. The van der Waals surface area contributed by atoms with Gasteiger partial charge < -0.3 is 19.9 Å². The summed E-state index contributed by atoms with van der Waals surface area (Å²) in [5.74, 6) is 0.0782. The number of carbonyl (C=O) groups excluding carboxylic acids is 2. The molecule has 0 aromatic carbocycles. The molecule has 0 bridgehead atoms. The van der Waals surface area contributed by atoms with Gasteiger partial charge in [-0.25, -0.2) is 5.57 Å². The van der Waals surface area contributed by atoms with Gasteiger partial charge in [0.2, 0.25) is 0 Å². The Labute approximate surface area is 159 Å². The Balaban J connectivity index is 0.00000361. The van der Waals surface area contributed by atoms with Crippen molar-refractivity contribution in [2.24, 2.45) is 5.92 Å². The molecule has 0 saturated carbocycles. The van der Waals surface area contributed by atoms with Gasteiger partial charge in [-0.1, -0.05) is 32.1 Å². The summed E-state index contributed by atoms with van der Waals surface area (Å²) >= 11 is 1.57. The van der Waals surface area contributed by atoms with Crippen molar-refractivity contribution in [3.8, 4) is 0 Å². The normalized spacial score (nSPS) is 16.9. The molecule has 1 aliphatic rings. The molecule has 1 unspecified atom stereocenters. The van der Waals surface area contributed by atoms with Crippen LogP contribution in [0.15, 0.2) is 5.57 Å². The molecule has 3 nitrogen and oxygen atoms in total. The van der Waals surface area contributed by atoms with Gasteiger partial charge >= 0.3 is 37.1 Å². The Morgan fingerprint density at radius 1 is 1.30 bits per heavy atom. The largest absolute Gasteiger partial charge is 2.00 e. The predicted octanol–water partition coefficient (Wildman–Crippen LogP) is 4.15. The number of carbonyl (C=O) groups is 2. The molecule has 20 heavy (non-hydrogen) atoms. The van der Waals surface area contributed by atoms with Crippen LogP contribution in [0.2, 0.25) is 0 Å². The van der Waals surface area contributed by atoms with Gasteiger partial charge in [0, 0.05) is 5.78 Å². The monoisotopic (exact) mass is 614 g/mol. The van der Waals surface area contributed by atoms with E-state index in [9.17, 15) is 9.59 Å². The van der Waals surface area contributed by atoms with Crippen molar-refractivity contribution < 1.29 is 43.8 Å². The smallest absolute Gasteiger partial charge is 0.497 e. The van der Waals surface area contributed by atoms with E-state index in [2.05, 4.69) is 9.14 Å². The molecule has 0 spiro atoms. The van der Waals surface area contributed by atoms with Crippen LogP contribution in [-0.4, -0.2) is 11.8 Å². The van der Waals surface area contributed by atoms with Gasteiger partial charge in [0.25, 0.3) is 0 Å². The number of Topliss-reactive ketones (excluding diaryl/α,β-unsaturated/α-hetero) is 1. The van der Waals surface area contributed by atoms with Crippen LogP contribution in [0.4, 0.5) is 0 Å². The third-order valence-electron chi connectivity index (χ3n) is 3.41. The molecule has 1 rings (SSSR count). The molecule has 0 heterocycles. The van der Waals surface area contributed by atoms with Crippen molar-refractivity contribution in [3.63, 3.8) is 0 Å². The van der Waals surface area contributed by atoms with Gasteiger partial charge in [0.05, 0.1) is 6.42 Å². The van der Waals surface area contributed by atoms with E-state index in [0.29, 0.717) is 0 Å². The molecule has 0 aromatic rings. The molecular formula is C15H21IO3U. The van der Waals surface area contributed by atoms with Crippen molar-refractivity contribution in [1.29, 1.82) is 0 Å². The fourth-order valence-electron chi connectivity index (χ4n) is 2.35. The van der Waals surface area contributed by atoms with Crippen LogP contribution in [0.5, 0.6) is 0 Å². The zero-order valence-corrected chi connectivity index (χ0v) is 18.5. The minimum Gasteiger partial charge on any atom is -0.497 e. The van der Waals surface area contributed by atoms with Crippen LogP contribution in [0.1, 0.15) is 58.8 Å². The summed E-state index contributed by atoms with van der Waals surface area (Å²) in [6.45, 7) is 3.60. The second-order valence-electron chi connectivity index (χ2n) is 5.19. The van der Waals surface area contributed by atoms with Crippen molar-refractivity contribution in [1.82, 2.24) is 0 Å². The Hall–Kier alpha value is 0.532. The van der Waals surface area contributed by atoms with Crippen molar-refractivity contribution >= 4 is 34.8 Å². The molecular weight excluding hydrogens is 593 g/mol. The van der Waals surface area contributed by atoms with Gasteiger partial charge in [-0.15, -0.1) is 0 Å². The molecule has 0 fully saturated rings. The third-order valence-corrected chi connectivity index (χ3v) is 3.90. The Kier molecular flexibility index (Phi) is 11.4. The summed E-state index contributed by atoms with van der Waals surface area (Å²) in [4.78, 5) is 23.8. The first-order valence-electron chi connectivity index (χ1n) is 6.81. The molecule has 1 aliphatic carbocycles. The van der Waals surface area contributed by atoms with E-state index in [1.165, 1.54) is 12.8 Å². The number of allylic oxidation sites excluding steroid dienone is 2.